The maximum Gasteiger partial charge on any atom is 0.391 e. The van der Waals surface area contributed by atoms with Gasteiger partial charge in [0.05, 0.1) is 10.8 Å². The Bertz CT molecular complexity index is 473. The summed E-state index contributed by atoms with van der Waals surface area (Å²) in [6.07, 6.45) is -2.68. The zero-order valence-corrected chi connectivity index (χ0v) is 10.7. The van der Waals surface area contributed by atoms with E-state index < -0.39 is 17.0 Å². The van der Waals surface area contributed by atoms with E-state index in [4.69, 9.17) is 0 Å². The number of alkyl halides is 3. The summed E-state index contributed by atoms with van der Waals surface area (Å²) in [7, 11) is 0. The molecule has 1 N–H and O–H groups in total. The minimum absolute atomic E-state index is 0.0348. The van der Waals surface area contributed by atoms with Gasteiger partial charge in [-0.3, -0.25) is 10.1 Å². The summed E-state index contributed by atoms with van der Waals surface area (Å²) in [4.78, 5) is 10.0. The van der Waals surface area contributed by atoms with E-state index >= 15 is 0 Å². The molecule has 2 atom stereocenters. The molecule has 0 aromatic heterocycles. The van der Waals surface area contributed by atoms with Crippen molar-refractivity contribution < 1.29 is 18.1 Å². The summed E-state index contributed by atoms with van der Waals surface area (Å²) in [5.74, 6) is -1.26. The Labute approximate surface area is 114 Å². The molecular weight excluding hydrogens is 273 g/mol. The summed E-state index contributed by atoms with van der Waals surface area (Å²) in [5.41, 5.74) is 0.579. The molecule has 2 unspecified atom stereocenters. The molecule has 2 rings (SSSR count). The van der Waals surface area contributed by atoms with Gasteiger partial charge in [-0.1, -0.05) is 6.42 Å². The second-order valence-electron chi connectivity index (χ2n) is 5.05. The topological polar surface area (TPSA) is 55.2 Å². The van der Waals surface area contributed by atoms with Crippen LogP contribution in [0, 0.1) is 16.0 Å². The third kappa shape index (κ3) is 3.61. The molecule has 0 saturated heterocycles. The third-order valence-corrected chi connectivity index (χ3v) is 3.59. The van der Waals surface area contributed by atoms with Crippen LogP contribution in [-0.4, -0.2) is 17.1 Å². The Hall–Kier alpha value is -1.79. The lowest BCUT2D eigenvalue weighted by Gasteiger charge is -2.31. The summed E-state index contributed by atoms with van der Waals surface area (Å²) in [5, 5.41) is 13.5. The molecule has 0 amide bonds. The molecule has 1 aromatic carbocycles. The number of rotatable bonds is 3. The normalized spacial score (nSPS) is 23.4. The van der Waals surface area contributed by atoms with Crippen LogP contribution >= 0.6 is 0 Å². The number of anilines is 1. The highest BCUT2D eigenvalue weighted by molar-refractivity contribution is 5.49. The van der Waals surface area contributed by atoms with Gasteiger partial charge in [-0.05, 0) is 31.4 Å². The number of hydrogen-bond donors (Lipinski definition) is 1. The van der Waals surface area contributed by atoms with Gasteiger partial charge in [0.15, 0.2) is 0 Å². The number of nitrogens with one attached hydrogen (secondary N) is 1. The molecule has 20 heavy (non-hydrogen) atoms. The molecule has 1 aliphatic carbocycles. The zero-order valence-electron chi connectivity index (χ0n) is 10.7. The van der Waals surface area contributed by atoms with Crippen molar-refractivity contribution in [3.63, 3.8) is 0 Å². The fourth-order valence-electron chi connectivity index (χ4n) is 2.53. The number of non-ortho nitro benzene ring substituents is 1. The van der Waals surface area contributed by atoms with Gasteiger partial charge in [0.1, 0.15) is 0 Å². The van der Waals surface area contributed by atoms with E-state index in [9.17, 15) is 23.3 Å². The quantitative estimate of drug-likeness (QED) is 0.672. The SMILES string of the molecule is O=[N+]([O-])c1ccc(NC2CCCC(C(F)(F)F)C2)cc1. The molecule has 0 bridgehead atoms. The van der Waals surface area contributed by atoms with Crippen molar-refractivity contribution in [2.24, 2.45) is 5.92 Å². The first-order chi connectivity index (χ1) is 9.36. The van der Waals surface area contributed by atoms with Gasteiger partial charge in [0, 0.05) is 23.9 Å². The second kappa shape index (κ2) is 5.68. The van der Waals surface area contributed by atoms with Gasteiger partial charge in [-0.15, -0.1) is 0 Å². The van der Waals surface area contributed by atoms with Gasteiger partial charge in [0.2, 0.25) is 0 Å². The van der Waals surface area contributed by atoms with Gasteiger partial charge in [0.25, 0.3) is 5.69 Å². The largest absolute Gasteiger partial charge is 0.391 e. The van der Waals surface area contributed by atoms with E-state index in [-0.39, 0.29) is 24.6 Å². The van der Waals surface area contributed by atoms with E-state index in [1.54, 1.807) is 0 Å². The lowest BCUT2D eigenvalue weighted by atomic mass is 9.85. The Morgan fingerprint density at radius 1 is 1.20 bits per heavy atom. The second-order valence-corrected chi connectivity index (χ2v) is 5.05. The number of benzene rings is 1. The lowest BCUT2D eigenvalue weighted by molar-refractivity contribution is -0.384. The van der Waals surface area contributed by atoms with Gasteiger partial charge < -0.3 is 5.32 Å². The predicted octanol–water partition coefficient (Wildman–Crippen LogP) is 4.13. The Morgan fingerprint density at radius 2 is 1.85 bits per heavy atom. The standard InChI is InChI=1S/C13H15F3N2O2/c14-13(15,16)9-2-1-3-11(8-9)17-10-4-6-12(7-5-10)18(19)20/h4-7,9,11,17H,1-3,8H2. The third-order valence-electron chi connectivity index (χ3n) is 3.59. The van der Waals surface area contributed by atoms with Crippen molar-refractivity contribution in [3.05, 3.63) is 34.4 Å². The Balaban J connectivity index is 1.97. The van der Waals surface area contributed by atoms with Crippen LogP contribution in [0.4, 0.5) is 24.5 Å². The van der Waals surface area contributed by atoms with Gasteiger partial charge >= 0.3 is 6.18 Å². The smallest absolute Gasteiger partial charge is 0.382 e. The molecule has 1 fully saturated rings. The van der Waals surface area contributed by atoms with Crippen LogP contribution in [0.2, 0.25) is 0 Å². The molecular formula is C13H15F3N2O2. The minimum Gasteiger partial charge on any atom is -0.382 e. The van der Waals surface area contributed by atoms with E-state index in [0.717, 1.165) is 0 Å². The number of nitro benzene ring substituents is 1. The molecule has 0 spiro atoms. The van der Waals surface area contributed by atoms with Crippen LogP contribution in [0.3, 0.4) is 0 Å². The van der Waals surface area contributed by atoms with Crippen LogP contribution in [0.25, 0.3) is 0 Å². The van der Waals surface area contributed by atoms with Gasteiger partial charge in [-0.2, -0.15) is 13.2 Å². The van der Waals surface area contributed by atoms with Crippen molar-refractivity contribution in [2.45, 2.75) is 37.9 Å². The van der Waals surface area contributed by atoms with Crippen molar-refractivity contribution in [1.29, 1.82) is 0 Å². The fourth-order valence-corrected chi connectivity index (χ4v) is 2.53. The maximum absolute atomic E-state index is 12.7. The summed E-state index contributed by atoms with van der Waals surface area (Å²) < 4.78 is 38.1. The molecule has 1 aliphatic rings. The van der Waals surface area contributed by atoms with Crippen molar-refractivity contribution >= 4 is 11.4 Å². The van der Waals surface area contributed by atoms with Crippen LogP contribution in [0.5, 0.6) is 0 Å². The highest BCUT2D eigenvalue weighted by Gasteiger charge is 2.42. The average molecular weight is 288 g/mol. The summed E-state index contributed by atoms with van der Waals surface area (Å²) in [6.45, 7) is 0. The van der Waals surface area contributed by atoms with E-state index in [0.29, 0.717) is 18.5 Å². The summed E-state index contributed by atoms with van der Waals surface area (Å²) >= 11 is 0. The number of nitro groups is 1. The average Bonchev–Trinajstić information content (AvgIpc) is 2.38. The monoisotopic (exact) mass is 288 g/mol. The van der Waals surface area contributed by atoms with Crippen LogP contribution in [0.15, 0.2) is 24.3 Å². The highest BCUT2D eigenvalue weighted by Crippen LogP contribution is 2.38. The van der Waals surface area contributed by atoms with Crippen molar-refractivity contribution in [1.82, 2.24) is 0 Å². The lowest BCUT2D eigenvalue weighted by Crippen LogP contribution is -2.34. The summed E-state index contributed by atoms with van der Waals surface area (Å²) in [6, 6.07) is 5.49. The first-order valence-corrected chi connectivity index (χ1v) is 6.44. The zero-order chi connectivity index (χ0) is 14.8. The fraction of sp³-hybridized carbons (Fsp3) is 0.538. The predicted molar refractivity (Wildman–Crippen MR) is 68.5 cm³/mol. The molecule has 0 aliphatic heterocycles. The van der Waals surface area contributed by atoms with Gasteiger partial charge in [-0.25, -0.2) is 0 Å². The molecule has 1 saturated carbocycles. The minimum atomic E-state index is -4.14. The van der Waals surface area contributed by atoms with Crippen LogP contribution < -0.4 is 5.32 Å². The first kappa shape index (κ1) is 14.6. The number of nitrogens with zero attached hydrogens (tertiary/aromatic N) is 1. The van der Waals surface area contributed by atoms with Crippen molar-refractivity contribution in [3.8, 4) is 0 Å². The Morgan fingerprint density at radius 3 is 2.40 bits per heavy atom. The van der Waals surface area contributed by atoms with E-state index in [2.05, 4.69) is 5.32 Å². The first-order valence-electron chi connectivity index (χ1n) is 6.44. The maximum atomic E-state index is 12.7. The molecule has 0 radical (unpaired) electrons. The van der Waals surface area contributed by atoms with E-state index in [1.165, 1.54) is 24.3 Å². The molecule has 4 nitrogen and oxygen atoms in total. The van der Waals surface area contributed by atoms with Crippen LogP contribution in [0.1, 0.15) is 25.7 Å². The van der Waals surface area contributed by atoms with Crippen molar-refractivity contribution in [2.75, 3.05) is 5.32 Å². The Kier molecular flexibility index (Phi) is 4.15. The number of hydrogen-bond acceptors (Lipinski definition) is 3. The molecule has 110 valence electrons. The molecule has 7 heteroatoms. The number of halogens is 3. The molecule has 0 heterocycles. The van der Waals surface area contributed by atoms with Crippen LogP contribution in [-0.2, 0) is 0 Å². The molecule has 1 aromatic rings. The highest BCUT2D eigenvalue weighted by atomic mass is 19.4. The van der Waals surface area contributed by atoms with E-state index in [1.807, 2.05) is 0 Å².